The number of nitrogens with two attached hydrogens (primary N) is 1. The van der Waals surface area contributed by atoms with Crippen molar-refractivity contribution in [2.75, 3.05) is 19.5 Å². The average molecular weight is 300 g/mol. The van der Waals surface area contributed by atoms with Crippen molar-refractivity contribution in [3.05, 3.63) is 48.0 Å². The molecule has 0 bridgehead atoms. The molecule has 0 saturated carbocycles. The predicted octanol–water partition coefficient (Wildman–Crippen LogP) is 3.86. The van der Waals surface area contributed by atoms with Crippen LogP contribution < -0.4 is 10.5 Å². The third-order valence-electron chi connectivity index (χ3n) is 3.12. The Morgan fingerprint density at radius 3 is 2.71 bits per heavy atom. The van der Waals surface area contributed by atoms with Crippen LogP contribution in [0.5, 0.6) is 10.9 Å². The molecule has 0 atom stereocenters. The van der Waals surface area contributed by atoms with Crippen LogP contribution in [0.2, 0.25) is 0 Å². The van der Waals surface area contributed by atoms with E-state index in [4.69, 9.17) is 15.2 Å². The fourth-order valence-electron chi connectivity index (χ4n) is 2.01. The molecule has 2 aromatic carbocycles. The zero-order valence-corrected chi connectivity index (χ0v) is 12.5. The fourth-order valence-corrected chi connectivity index (χ4v) is 2.89. The minimum atomic E-state index is 0.625. The molecule has 21 heavy (non-hydrogen) atoms. The SMILES string of the molecule is COCCc1ccc(Oc2nc3ccc(N)cc3s2)cc1. The van der Waals surface area contributed by atoms with Gasteiger partial charge < -0.3 is 15.2 Å². The molecular formula is C16H16N2O2S. The van der Waals surface area contributed by atoms with Gasteiger partial charge in [0.05, 0.1) is 16.8 Å². The summed E-state index contributed by atoms with van der Waals surface area (Å²) in [5, 5.41) is 0.625. The topological polar surface area (TPSA) is 57.4 Å². The maximum atomic E-state index is 5.80. The molecule has 0 aliphatic carbocycles. The summed E-state index contributed by atoms with van der Waals surface area (Å²) in [5.41, 5.74) is 8.63. The number of nitrogens with zero attached hydrogens (tertiary/aromatic N) is 1. The molecule has 5 heteroatoms. The van der Waals surface area contributed by atoms with E-state index in [0.717, 1.165) is 34.7 Å². The molecule has 108 valence electrons. The summed E-state index contributed by atoms with van der Waals surface area (Å²) in [6, 6.07) is 13.6. The van der Waals surface area contributed by atoms with Crippen molar-refractivity contribution in [1.82, 2.24) is 4.98 Å². The van der Waals surface area contributed by atoms with Crippen LogP contribution in [0.25, 0.3) is 10.2 Å². The van der Waals surface area contributed by atoms with Crippen LogP contribution in [0.15, 0.2) is 42.5 Å². The maximum Gasteiger partial charge on any atom is 0.279 e. The number of fused-ring (bicyclic) bond motifs is 1. The molecular weight excluding hydrogens is 284 g/mol. The first-order chi connectivity index (χ1) is 10.2. The van der Waals surface area contributed by atoms with Gasteiger partial charge in [-0.1, -0.05) is 23.5 Å². The normalized spacial score (nSPS) is 10.9. The molecule has 0 radical (unpaired) electrons. The highest BCUT2D eigenvalue weighted by Gasteiger charge is 2.06. The molecule has 0 saturated heterocycles. The number of benzene rings is 2. The summed E-state index contributed by atoms with van der Waals surface area (Å²) in [4.78, 5) is 4.44. The van der Waals surface area contributed by atoms with E-state index in [2.05, 4.69) is 4.98 Å². The number of hydrogen-bond donors (Lipinski definition) is 1. The first-order valence-electron chi connectivity index (χ1n) is 6.66. The van der Waals surface area contributed by atoms with Crippen LogP contribution >= 0.6 is 11.3 Å². The van der Waals surface area contributed by atoms with Gasteiger partial charge in [0, 0.05) is 12.8 Å². The molecule has 0 aliphatic heterocycles. The molecule has 0 fully saturated rings. The van der Waals surface area contributed by atoms with Gasteiger partial charge in [0.2, 0.25) is 0 Å². The van der Waals surface area contributed by atoms with Crippen LogP contribution in [-0.4, -0.2) is 18.7 Å². The first kappa shape index (κ1) is 13.9. The van der Waals surface area contributed by atoms with Gasteiger partial charge >= 0.3 is 0 Å². The number of rotatable bonds is 5. The van der Waals surface area contributed by atoms with Crippen molar-refractivity contribution in [2.24, 2.45) is 0 Å². The molecule has 4 nitrogen and oxygen atoms in total. The summed E-state index contributed by atoms with van der Waals surface area (Å²) in [7, 11) is 1.71. The Morgan fingerprint density at radius 1 is 1.14 bits per heavy atom. The van der Waals surface area contributed by atoms with Gasteiger partial charge in [-0.2, -0.15) is 0 Å². The second-order valence-corrected chi connectivity index (χ2v) is 5.69. The van der Waals surface area contributed by atoms with E-state index in [-0.39, 0.29) is 0 Å². The molecule has 3 rings (SSSR count). The molecule has 0 aliphatic rings. The Kier molecular flexibility index (Phi) is 4.03. The molecule has 0 unspecified atom stereocenters. The summed E-state index contributed by atoms with van der Waals surface area (Å²) < 4.78 is 11.9. The third kappa shape index (κ3) is 3.32. The van der Waals surface area contributed by atoms with E-state index < -0.39 is 0 Å². The van der Waals surface area contributed by atoms with Crippen molar-refractivity contribution >= 4 is 27.2 Å². The second-order valence-electron chi connectivity index (χ2n) is 4.70. The molecule has 1 aromatic heterocycles. The highest BCUT2D eigenvalue weighted by molar-refractivity contribution is 7.20. The fraction of sp³-hybridized carbons (Fsp3) is 0.188. The Labute approximate surface area is 127 Å². The minimum absolute atomic E-state index is 0.625. The predicted molar refractivity (Wildman–Crippen MR) is 86.1 cm³/mol. The highest BCUT2D eigenvalue weighted by atomic mass is 32.1. The molecule has 3 aromatic rings. The van der Waals surface area contributed by atoms with E-state index in [0.29, 0.717) is 5.19 Å². The van der Waals surface area contributed by atoms with E-state index in [1.54, 1.807) is 7.11 Å². The van der Waals surface area contributed by atoms with Gasteiger partial charge in [-0.15, -0.1) is 0 Å². The van der Waals surface area contributed by atoms with E-state index in [1.165, 1.54) is 16.9 Å². The van der Waals surface area contributed by atoms with Crippen molar-refractivity contribution in [1.29, 1.82) is 0 Å². The number of methoxy groups -OCH3 is 1. The largest absolute Gasteiger partial charge is 0.431 e. The standard InChI is InChI=1S/C16H16N2O2S/c1-19-9-8-11-2-5-13(6-3-11)20-16-18-14-7-4-12(17)10-15(14)21-16/h2-7,10H,8-9,17H2,1H3. The Hall–Kier alpha value is -2.11. The Balaban J connectivity index is 1.75. The van der Waals surface area contributed by atoms with Crippen molar-refractivity contribution in [3.63, 3.8) is 0 Å². The van der Waals surface area contributed by atoms with E-state index >= 15 is 0 Å². The monoisotopic (exact) mass is 300 g/mol. The van der Waals surface area contributed by atoms with Gasteiger partial charge in [-0.3, -0.25) is 0 Å². The quantitative estimate of drug-likeness (QED) is 0.727. The van der Waals surface area contributed by atoms with Gasteiger partial charge in [0.1, 0.15) is 5.75 Å². The lowest BCUT2D eigenvalue weighted by atomic mass is 10.1. The zero-order chi connectivity index (χ0) is 14.7. The summed E-state index contributed by atoms with van der Waals surface area (Å²) in [6.45, 7) is 0.722. The van der Waals surface area contributed by atoms with Crippen LogP contribution in [0.1, 0.15) is 5.56 Å². The number of nitrogen functional groups attached to an aromatic ring is 1. The number of thiazole rings is 1. The number of aromatic nitrogens is 1. The van der Waals surface area contributed by atoms with Gasteiger partial charge in [-0.05, 0) is 42.3 Å². The maximum absolute atomic E-state index is 5.80. The van der Waals surface area contributed by atoms with Crippen molar-refractivity contribution < 1.29 is 9.47 Å². The minimum Gasteiger partial charge on any atom is -0.431 e. The lowest BCUT2D eigenvalue weighted by Crippen LogP contribution is -1.94. The summed E-state index contributed by atoms with van der Waals surface area (Å²) in [5.74, 6) is 0.781. The van der Waals surface area contributed by atoms with Gasteiger partial charge in [-0.25, -0.2) is 4.98 Å². The van der Waals surface area contributed by atoms with E-state index in [1.807, 2.05) is 42.5 Å². The zero-order valence-electron chi connectivity index (χ0n) is 11.7. The summed E-state index contributed by atoms with van der Waals surface area (Å²) >= 11 is 1.49. The van der Waals surface area contributed by atoms with Crippen molar-refractivity contribution in [3.8, 4) is 10.9 Å². The van der Waals surface area contributed by atoms with Crippen LogP contribution in [0, 0.1) is 0 Å². The Morgan fingerprint density at radius 2 is 1.95 bits per heavy atom. The highest BCUT2D eigenvalue weighted by Crippen LogP contribution is 2.32. The number of ether oxygens (including phenoxy) is 2. The molecule has 0 amide bonds. The van der Waals surface area contributed by atoms with Gasteiger partial charge in [0.15, 0.2) is 0 Å². The summed E-state index contributed by atoms with van der Waals surface area (Å²) in [6.07, 6.45) is 0.900. The molecule has 1 heterocycles. The lowest BCUT2D eigenvalue weighted by molar-refractivity contribution is 0.202. The average Bonchev–Trinajstić information content (AvgIpc) is 2.88. The van der Waals surface area contributed by atoms with Crippen LogP contribution in [-0.2, 0) is 11.2 Å². The lowest BCUT2D eigenvalue weighted by Gasteiger charge is -2.03. The smallest absolute Gasteiger partial charge is 0.279 e. The Bertz CT molecular complexity index is 738. The number of hydrogen-bond acceptors (Lipinski definition) is 5. The van der Waals surface area contributed by atoms with E-state index in [9.17, 15) is 0 Å². The van der Waals surface area contributed by atoms with Gasteiger partial charge in [0.25, 0.3) is 5.19 Å². The number of anilines is 1. The van der Waals surface area contributed by atoms with Crippen molar-refractivity contribution in [2.45, 2.75) is 6.42 Å². The van der Waals surface area contributed by atoms with Crippen LogP contribution in [0.4, 0.5) is 5.69 Å². The third-order valence-corrected chi connectivity index (χ3v) is 4.01. The first-order valence-corrected chi connectivity index (χ1v) is 7.48. The molecule has 2 N–H and O–H groups in total. The second kappa shape index (κ2) is 6.11. The molecule has 0 spiro atoms. The van der Waals surface area contributed by atoms with Crippen LogP contribution in [0.3, 0.4) is 0 Å².